The number of aromatic amines is 1. The number of ether oxygens (including phenoxy) is 1. The van der Waals surface area contributed by atoms with E-state index in [4.69, 9.17) is 10.5 Å². The first-order valence-electron chi connectivity index (χ1n) is 13.3. The second kappa shape index (κ2) is 12.2. The number of nitriles is 1. The molecule has 1 saturated carbocycles. The Hall–Kier alpha value is -2.86. The van der Waals surface area contributed by atoms with Crippen LogP contribution in [0.1, 0.15) is 82.4 Å². The highest BCUT2D eigenvalue weighted by Gasteiger charge is 2.30. The number of amides is 1. The number of nitrogens with two attached hydrogens (primary N) is 1. The van der Waals surface area contributed by atoms with Gasteiger partial charge in [0.1, 0.15) is 22.8 Å². The monoisotopic (exact) mass is 481 g/mol. The van der Waals surface area contributed by atoms with E-state index in [0.29, 0.717) is 29.2 Å². The Bertz CT molecular complexity index is 1040. The van der Waals surface area contributed by atoms with Gasteiger partial charge < -0.3 is 20.8 Å². The lowest BCUT2D eigenvalue weighted by Gasteiger charge is -2.23. The molecule has 1 aliphatic heterocycles. The Kier molecular flexibility index (Phi) is 8.80. The van der Waals surface area contributed by atoms with E-state index in [1.165, 1.54) is 12.8 Å². The minimum absolute atomic E-state index is 0.0267. The molecule has 1 amide bonds. The normalized spacial score (nSPS) is 18.1. The van der Waals surface area contributed by atoms with Gasteiger partial charge in [-0.15, -0.1) is 0 Å². The lowest BCUT2D eigenvalue weighted by Crippen LogP contribution is -2.43. The zero-order valence-corrected chi connectivity index (χ0v) is 20.9. The minimum atomic E-state index is 0.0267. The number of anilines is 1. The van der Waals surface area contributed by atoms with Crippen molar-refractivity contribution in [2.45, 2.75) is 83.6 Å². The third-order valence-corrected chi connectivity index (χ3v) is 7.18. The molecule has 1 unspecified atom stereocenters. The Morgan fingerprint density at radius 1 is 1.26 bits per heavy atom. The van der Waals surface area contributed by atoms with E-state index in [1.54, 1.807) is 0 Å². The molecule has 1 saturated heterocycles. The number of hydrogen-bond donors (Lipinski definition) is 3. The Labute approximate surface area is 207 Å². The van der Waals surface area contributed by atoms with Crippen molar-refractivity contribution in [2.24, 2.45) is 5.92 Å². The number of unbranched alkanes of at least 4 members (excludes halogenated alkanes) is 3. The number of nitrogen functional groups attached to an aromatic ring is 1. The number of rotatable bonds is 14. The van der Waals surface area contributed by atoms with Gasteiger partial charge in [0.25, 0.3) is 0 Å². The molecule has 1 aliphatic carbocycles. The molecule has 0 aromatic carbocycles. The van der Waals surface area contributed by atoms with Crippen molar-refractivity contribution in [3.63, 3.8) is 0 Å². The van der Waals surface area contributed by atoms with Crippen LogP contribution < -0.4 is 15.8 Å². The number of likely N-dealkylation sites (tertiary alicyclic amines) is 1. The second-order valence-electron chi connectivity index (χ2n) is 9.94. The number of aryl methyl sites for hydroxylation is 1. The van der Waals surface area contributed by atoms with Crippen molar-refractivity contribution in [3.8, 4) is 12.1 Å². The summed E-state index contributed by atoms with van der Waals surface area (Å²) in [5.41, 5.74) is 8.78. The van der Waals surface area contributed by atoms with Crippen molar-refractivity contribution in [2.75, 3.05) is 32.0 Å². The molecule has 9 nitrogen and oxygen atoms in total. The number of nitrogens with one attached hydrogen (secondary N) is 2. The van der Waals surface area contributed by atoms with Crippen LogP contribution in [-0.4, -0.2) is 58.0 Å². The minimum Gasteiger partial charge on any atom is -0.463 e. The summed E-state index contributed by atoms with van der Waals surface area (Å²) >= 11 is 0. The molecular formula is C26H39N7O2. The molecule has 1 atom stereocenters. The molecule has 190 valence electrons. The molecule has 0 radical (unpaired) electrons. The number of carbonyl (C=O) groups excluding carboxylic acids is 1. The van der Waals surface area contributed by atoms with E-state index < -0.39 is 0 Å². The molecule has 2 aliphatic rings. The van der Waals surface area contributed by atoms with Crippen molar-refractivity contribution in [1.29, 1.82) is 5.26 Å². The summed E-state index contributed by atoms with van der Waals surface area (Å²) in [6.45, 7) is 5.39. The lowest BCUT2D eigenvalue weighted by molar-refractivity contribution is -0.125. The largest absolute Gasteiger partial charge is 0.463 e. The van der Waals surface area contributed by atoms with Gasteiger partial charge in [0.05, 0.1) is 12.6 Å². The number of nitrogens with zero attached hydrogens (tertiary/aromatic N) is 4. The average molecular weight is 482 g/mol. The number of aromatic nitrogens is 3. The third kappa shape index (κ3) is 6.63. The predicted octanol–water partition coefficient (Wildman–Crippen LogP) is 3.68. The first-order chi connectivity index (χ1) is 17.1. The van der Waals surface area contributed by atoms with Gasteiger partial charge >= 0.3 is 6.01 Å². The molecule has 4 rings (SSSR count). The van der Waals surface area contributed by atoms with Gasteiger partial charge in [0.2, 0.25) is 5.91 Å². The number of carbonyl (C=O) groups is 1. The topological polar surface area (TPSA) is 133 Å². The highest BCUT2D eigenvalue weighted by atomic mass is 16.5. The molecular weight excluding hydrogens is 442 g/mol. The van der Waals surface area contributed by atoms with Crippen LogP contribution in [0.3, 0.4) is 0 Å². The molecule has 2 aromatic rings. The number of hydrogen-bond acceptors (Lipinski definition) is 7. The summed E-state index contributed by atoms with van der Waals surface area (Å²) in [6.07, 6.45) is 11.5. The molecule has 4 N–H and O–H groups in total. The van der Waals surface area contributed by atoms with Crippen molar-refractivity contribution < 1.29 is 9.53 Å². The fourth-order valence-corrected chi connectivity index (χ4v) is 4.94. The first-order valence-corrected chi connectivity index (χ1v) is 13.3. The SMILES string of the molecule is CCCCOc1nc(N)c2[nH]c(C#N)c(CCCCCN3CCCC3C(=O)NCCC3CC3)c2n1. The highest BCUT2D eigenvalue weighted by Crippen LogP contribution is 2.32. The number of H-pyrrole nitrogens is 1. The van der Waals surface area contributed by atoms with Crippen LogP contribution in [0, 0.1) is 17.2 Å². The standard InChI is InChI=1S/C26H39N7O2/c1-2-3-16-35-26-31-22-19(20(17-27)30-23(22)24(28)32-26)8-5-4-6-14-33-15-7-9-21(33)25(34)29-13-12-18-10-11-18/h18,21,30H,2-16H2,1H3,(H,29,34)(H2,28,31,32). The first kappa shape index (κ1) is 25.2. The quantitative estimate of drug-likeness (QED) is 0.351. The zero-order chi connectivity index (χ0) is 24.6. The van der Waals surface area contributed by atoms with Gasteiger partial charge in [-0.3, -0.25) is 9.69 Å². The van der Waals surface area contributed by atoms with Crippen molar-refractivity contribution >= 4 is 22.8 Å². The van der Waals surface area contributed by atoms with Gasteiger partial charge in [-0.25, -0.2) is 0 Å². The van der Waals surface area contributed by atoms with Crippen molar-refractivity contribution in [3.05, 3.63) is 11.3 Å². The van der Waals surface area contributed by atoms with Crippen LogP contribution in [0.25, 0.3) is 11.0 Å². The summed E-state index contributed by atoms with van der Waals surface area (Å²) in [4.78, 5) is 26.8. The molecule has 0 spiro atoms. The average Bonchev–Trinajstić information content (AvgIpc) is 3.43. The van der Waals surface area contributed by atoms with Crippen LogP contribution in [0.15, 0.2) is 0 Å². The van der Waals surface area contributed by atoms with Gasteiger partial charge in [-0.2, -0.15) is 15.2 Å². The molecule has 2 fully saturated rings. The molecule has 9 heteroatoms. The molecule has 2 aromatic heterocycles. The van der Waals surface area contributed by atoms with Gasteiger partial charge in [-0.05, 0) is 64.0 Å². The lowest BCUT2D eigenvalue weighted by atomic mass is 10.1. The van der Waals surface area contributed by atoms with E-state index in [9.17, 15) is 10.1 Å². The summed E-state index contributed by atoms with van der Waals surface area (Å²) in [6, 6.07) is 2.54. The maximum atomic E-state index is 12.6. The molecule has 0 bridgehead atoms. The summed E-state index contributed by atoms with van der Waals surface area (Å²) < 4.78 is 5.66. The van der Waals surface area contributed by atoms with E-state index in [2.05, 4.69) is 38.2 Å². The Morgan fingerprint density at radius 2 is 2.11 bits per heavy atom. The summed E-state index contributed by atoms with van der Waals surface area (Å²) in [5, 5.41) is 12.8. The van der Waals surface area contributed by atoms with Crippen LogP contribution in [0.2, 0.25) is 0 Å². The van der Waals surface area contributed by atoms with Crippen LogP contribution >= 0.6 is 0 Å². The Morgan fingerprint density at radius 3 is 2.89 bits per heavy atom. The molecule has 35 heavy (non-hydrogen) atoms. The van der Waals surface area contributed by atoms with Crippen LogP contribution in [-0.2, 0) is 11.2 Å². The Balaban J connectivity index is 1.27. The maximum absolute atomic E-state index is 12.6. The number of fused-ring (bicyclic) bond motifs is 1. The van der Waals surface area contributed by atoms with Crippen LogP contribution in [0.5, 0.6) is 6.01 Å². The van der Waals surface area contributed by atoms with Gasteiger partial charge in [-0.1, -0.05) is 32.6 Å². The van der Waals surface area contributed by atoms with Gasteiger partial charge in [0.15, 0.2) is 5.82 Å². The molecule has 3 heterocycles. The fourth-order valence-electron chi connectivity index (χ4n) is 4.94. The van der Waals surface area contributed by atoms with E-state index in [1.807, 2.05) is 0 Å². The zero-order valence-electron chi connectivity index (χ0n) is 20.9. The van der Waals surface area contributed by atoms with E-state index >= 15 is 0 Å². The van der Waals surface area contributed by atoms with Crippen LogP contribution in [0.4, 0.5) is 5.82 Å². The summed E-state index contributed by atoms with van der Waals surface area (Å²) in [5.74, 6) is 1.35. The highest BCUT2D eigenvalue weighted by molar-refractivity contribution is 5.89. The van der Waals surface area contributed by atoms with Crippen molar-refractivity contribution in [1.82, 2.24) is 25.2 Å². The summed E-state index contributed by atoms with van der Waals surface area (Å²) in [7, 11) is 0. The maximum Gasteiger partial charge on any atom is 0.319 e. The fraction of sp³-hybridized carbons (Fsp3) is 0.692. The van der Waals surface area contributed by atoms with E-state index in [0.717, 1.165) is 88.9 Å². The predicted molar refractivity (Wildman–Crippen MR) is 136 cm³/mol. The van der Waals surface area contributed by atoms with E-state index in [-0.39, 0.29) is 18.0 Å². The third-order valence-electron chi connectivity index (χ3n) is 7.18. The smallest absolute Gasteiger partial charge is 0.319 e. The second-order valence-corrected chi connectivity index (χ2v) is 9.94. The van der Waals surface area contributed by atoms with Gasteiger partial charge in [0, 0.05) is 12.1 Å².